The van der Waals surface area contributed by atoms with Crippen LogP contribution in [0.2, 0.25) is 0 Å². The SMILES string of the molecule is Cn1c(=O)c2c(ncn2CCCC(=O)N2CCN(c3ccc([N+](=O)[O-])cn3)CC2)n(C)c1=O. The molecule has 3 aromatic rings. The van der Waals surface area contributed by atoms with Crippen molar-refractivity contribution in [2.45, 2.75) is 19.4 Å². The molecule has 0 bridgehead atoms. The van der Waals surface area contributed by atoms with E-state index >= 15 is 0 Å². The van der Waals surface area contributed by atoms with E-state index in [0.717, 1.165) is 4.57 Å². The van der Waals surface area contributed by atoms with Crippen LogP contribution in [0.15, 0.2) is 34.2 Å². The summed E-state index contributed by atoms with van der Waals surface area (Å²) in [6, 6.07) is 3.04. The molecule has 13 heteroatoms. The Morgan fingerprint density at radius 3 is 2.45 bits per heavy atom. The molecule has 0 aromatic carbocycles. The Morgan fingerprint density at radius 2 is 1.82 bits per heavy atom. The van der Waals surface area contributed by atoms with Crippen molar-refractivity contribution in [1.82, 2.24) is 28.6 Å². The molecule has 0 atom stereocenters. The van der Waals surface area contributed by atoms with Crippen molar-refractivity contribution in [2.75, 3.05) is 31.1 Å². The van der Waals surface area contributed by atoms with E-state index in [1.54, 1.807) is 22.6 Å². The van der Waals surface area contributed by atoms with Crippen LogP contribution in [0.5, 0.6) is 0 Å². The first-order valence-corrected chi connectivity index (χ1v) is 10.5. The van der Waals surface area contributed by atoms with Gasteiger partial charge in [-0.2, -0.15) is 0 Å². The van der Waals surface area contributed by atoms with E-state index in [1.165, 1.54) is 30.2 Å². The third kappa shape index (κ3) is 4.21. The van der Waals surface area contributed by atoms with E-state index < -0.39 is 16.2 Å². The fourth-order valence-electron chi connectivity index (χ4n) is 3.98. The standard InChI is InChI=1S/C20H24N8O5/c1-23-18-17(19(30)24(2)20(23)31)27(13-22-18)7-3-4-16(29)26-10-8-25(9-11-26)15-6-5-14(12-21-15)28(32)33/h5-6,12-13H,3-4,7-11H2,1-2H3. The molecule has 1 aliphatic heterocycles. The van der Waals surface area contributed by atoms with Gasteiger partial charge in [-0.1, -0.05) is 0 Å². The van der Waals surface area contributed by atoms with E-state index in [0.29, 0.717) is 62.5 Å². The summed E-state index contributed by atoms with van der Waals surface area (Å²) in [5, 5.41) is 10.8. The second kappa shape index (κ2) is 8.84. The van der Waals surface area contributed by atoms with Crippen molar-refractivity contribution >= 4 is 28.6 Å². The van der Waals surface area contributed by atoms with Crippen LogP contribution in [-0.4, -0.2) is 65.6 Å². The molecule has 1 saturated heterocycles. The maximum Gasteiger partial charge on any atom is 0.332 e. The zero-order chi connectivity index (χ0) is 23.7. The number of carbonyl (C=O) groups excluding carboxylic acids is 1. The van der Waals surface area contributed by atoms with Crippen LogP contribution in [0, 0.1) is 10.1 Å². The average molecular weight is 456 g/mol. The van der Waals surface area contributed by atoms with Gasteiger partial charge < -0.3 is 14.4 Å². The average Bonchev–Trinajstić information content (AvgIpc) is 3.25. The number of piperazine rings is 1. The van der Waals surface area contributed by atoms with Crippen molar-refractivity contribution in [1.29, 1.82) is 0 Å². The number of aryl methyl sites for hydroxylation is 2. The van der Waals surface area contributed by atoms with Gasteiger partial charge in [0, 0.05) is 59.3 Å². The molecule has 1 aliphatic rings. The maximum atomic E-state index is 12.7. The lowest BCUT2D eigenvalue weighted by Crippen LogP contribution is -2.49. The van der Waals surface area contributed by atoms with E-state index in [9.17, 15) is 24.5 Å². The molecule has 4 heterocycles. The van der Waals surface area contributed by atoms with Gasteiger partial charge in [0.05, 0.1) is 11.3 Å². The highest BCUT2D eigenvalue weighted by Gasteiger charge is 2.22. The molecule has 1 amide bonds. The highest BCUT2D eigenvalue weighted by Crippen LogP contribution is 2.18. The molecule has 0 unspecified atom stereocenters. The van der Waals surface area contributed by atoms with E-state index in [1.807, 2.05) is 4.90 Å². The second-order valence-corrected chi connectivity index (χ2v) is 7.92. The molecule has 0 saturated carbocycles. The normalized spacial score (nSPS) is 14.1. The van der Waals surface area contributed by atoms with Crippen LogP contribution in [-0.2, 0) is 25.4 Å². The number of hydrogen-bond acceptors (Lipinski definition) is 8. The zero-order valence-electron chi connectivity index (χ0n) is 18.4. The Labute approximate surface area is 187 Å². The van der Waals surface area contributed by atoms with Crippen LogP contribution in [0.1, 0.15) is 12.8 Å². The quantitative estimate of drug-likeness (QED) is 0.369. The first-order valence-electron chi connectivity index (χ1n) is 10.5. The Morgan fingerprint density at radius 1 is 1.09 bits per heavy atom. The number of imidazole rings is 1. The van der Waals surface area contributed by atoms with Crippen LogP contribution < -0.4 is 16.1 Å². The lowest BCUT2D eigenvalue weighted by molar-refractivity contribution is -0.385. The van der Waals surface area contributed by atoms with Crippen LogP contribution in [0.25, 0.3) is 11.2 Å². The van der Waals surface area contributed by atoms with Gasteiger partial charge in [0.2, 0.25) is 5.91 Å². The summed E-state index contributed by atoms with van der Waals surface area (Å²) in [7, 11) is 2.99. The molecule has 0 radical (unpaired) electrons. The fraction of sp³-hybridized carbons (Fsp3) is 0.450. The molecule has 0 spiro atoms. The largest absolute Gasteiger partial charge is 0.353 e. The minimum atomic E-state index is -0.487. The summed E-state index contributed by atoms with van der Waals surface area (Å²) in [5.41, 5.74) is -0.233. The third-order valence-corrected chi connectivity index (χ3v) is 5.91. The van der Waals surface area contributed by atoms with Gasteiger partial charge in [-0.3, -0.25) is 28.8 Å². The highest BCUT2D eigenvalue weighted by molar-refractivity contribution is 5.76. The molecule has 13 nitrogen and oxygen atoms in total. The number of amides is 1. The number of anilines is 1. The topological polar surface area (TPSA) is 141 Å². The molecule has 0 N–H and O–H groups in total. The number of aromatic nitrogens is 5. The highest BCUT2D eigenvalue weighted by atomic mass is 16.6. The molecular weight excluding hydrogens is 432 g/mol. The summed E-state index contributed by atoms with van der Waals surface area (Å²) in [4.78, 5) is 59.6. The fourth-order valence-corrected chi connectivity index (χ4v) is 3.98. The molecule has 3 aromatic heterocycles. The number of pyridine rings is 1. The third-order valence-electron chi connectivity index (χ3n) is 5.91. The number of rotatable bonds is 6. The van der Waals surface area contributed by atoms with Gasteiger partial charge in [0.15, 0.2) is 11.2 Å². The van der Waals surface area contributed by atoms with Gasteiger partial charge in [-0.05, 0) is 12.5 Å². The monoisotopic (exact) mass is 456 g/mol. The first-order chi connectivity index (χ1) is 15.8. The predicted molar refractivity (Wildman–Crippen MR) is 119 cm³/mol. The molecule has 174 valence electrons. The molecular formula is C20H24N8O5. The van der Waals surface area contributed by atoms with Crippen molar-refractivity contribution in [3.63, 3.8) is 0 Å². The summed E-state index contributed by atoms with van der Waals surface area (Å²) in [6.07, 6.45) is 3.60. The smallest absolute Gasteiger partial charge is 0.332 e. The summed E-state index contributed by atoms with van der Waals surface area (Å²) >= 11 is 0. The van der Waals surface area contributed by atoms with Gasteiger partial charge in [-0.15, -0.1) is 0 Å². The minimum absolute atomic E-state index is 0.0241. The Hall–Kier alpha value is -4.03. The molecule has 4 rings (SSSR count). The summed E-state index contributed by atoms with van der Waals surface area (Å²) < 4.78 is 4.06. The van der Waals surface area contributed by atoms with Crippen molar-refractivity contribution in [2.24, 2.45) is 14.1 Å². The van der Waals surface area contributed by atoms with Gasteiger partial charge in [-0.25, -0.2) is 14.8 Å². The minimum Gasteiger partial charge on any atom is -0.353 e. The van der Waals surface area contributed by atoms with Crippen molar-refractivity contribution < 1.29 is 9.72 Å². The Kier molecular flexibility index (Phi) is 5.94. The maximum absolute atomic E-state index is 12.7. The Balaban J connectivity index is 1.32. The number of hydrogen-bond donors (Lipinski definition) is 0. The molecule has 1 fully saturated rings. The van der Waals surface area contributed by atoms with Gasteiger partial charge >= 0.3 is 5.69 Å². The first kappa shape index (κ1) is 22.2. The summed E-state index contributed by atoms with van der Waals surface area (Å²) in [6.45, 7) is 2.68. The van der Waals surface area contributed by atoms with Crippen molar-refractivity contribution in [3.8, 4) is 0 Å². The second-order valence-electron chi connectivity index (χ2n) is 7.92. The number of nitrogens with zero attached hydrogens (tertiary/aromatic N) is 8. The van der Waals surface area contributed by atoms with E-state index in [2.05, 4.69) is 9.97 Å². The lowest BCUT2D eigenvalue weighted by Gasteiger charge is -2.35. The number of nitro groups is 1. The van der Waals surface area contributed by atoms with Crippen LogP contribution in [0.4, 0.5) is 11.5 Å². The van der Waals surface area contributed by atoms with Gasteiger partial charge in [0.1, 0.15) is 12.0 Å². The lowest BCUT2D eigenvalue weighted by atomic mass is 10.2. The molecule has 33 heavy (non-hydrogen) atoms. The predicted octanol–water partition coefficient (Wildman–Crippen LogP) is -0.134. The van der Waals surface area contributed by atoms with Gasteiger partial charge in [0.25, 0.3) is 11.2 Å². The van der Waals surface area contributed by atoms with Crippen LogP contribution in [0.3, 0.4) is 0 Å². The summed E-state index contributed by atoms with van der Waals surface area (Å²) in [5.74, 6) is 0.673. The Bertz CT molecular complexity index is 1320. The number of carbonyl (C=O) groups is 1. The van der Waals surface area contributed by atoms with Crippen molar-refractivity contribution in [3.05, 3.63) is 55.6 Å². The van der Waals surface area contributed by atoms with Crippen LogP contribution >= 0.6 is 0 Å². The number of fused-ring (bicyclic) bond motifs is 1. The van der Waals surface area contributed by atoms with E-state index in [-0.39, 0.29) is 11.6 Å². The van der Waals surface area contributed by atoms with E-state index in [4.69, 9.17) is 0 Å². The molecule has 0 aliphatic carbocycles. The zero-order valence-corrected chi connectivity index (χ0v) is 18.4.